The van der Waals surface area contributed by atoms with Gasteiger partial charge in [-0.2, -0.15) is 15.8 Å². The minimum atomic E-state index is -0.195. The molecule has 0 N–H and O–H groups in total. The molecule has 0 saturated heterocycles. The van der Waals surface area contributed by atoms with Crippen LogP contribution in [0.15, 0.2) is 78.6 Å². The van der Waals surface area contributed by atoms with Crippen molar-refractivity contribution in [2.45, 2.75) is 13.1 Å². The van der Waals surface area contributed by atoms with E-state index in [4.69, 9.17) is 10.5 Å². The first-order chi connectivity index (χ1) is 14.2. The lowest BCUT2D eigenvalue weighted by Crippen LogP contribution is -2.23. The van der Waals surface area contributed by atoms with Gasteiger partial charge in [-0.1, -0.05) is 24.3 Å². The van der Waals surface area contributed by atoms with E-state index in [2.05, 4.69) is 14.9 Å². The summed E-state index contributed by atoms with van der Waals surface area (Å²) in [5.41, 5.74) is 3.16. The fourth-order valence-corrected chi connectivity index (χ4v) is 2.85. The Balaban J connectivity index is 1.93. The fourth-order valence-electron chi connectivity index (χ4n) is 2.85. The number of anilines is 1. The molecule has 29 heavy (non-hydrogen) atoms. The monoisotopic (exact) mass is 376 g/mol. The van der Waals surface area contributed by atoms with Gasteiger partial charge in [0.15, 0.2) is 0 Å². The molecule has 0 atom stereocenters. The van der Waals surface area contributed by atoms with Gasteiger partial charge in [0.2, 0.25) is 0 Å². The molecule has 2 aromatic heterocycles. The van der Waals surface area contributed by atoms with E-state index < -0.39 is 0 Å². The molecule has 138 valence electrons. The number of hydrogen-bond acceptors (Lipinski definition) is 6. The molecule has 0 unspecified atom stereocenters. The largest absolute Gasteiger partial charge is 0.360 e. The van der Waals surface area contributed by atoms with Crippen LogP contribution in [0.4, 0.5) is 5.69 Å². The third-order valence-corrected chi connectivity index (χ3v) is 4.26. The van der Waals surface area contributed by atoms with E-state index in [-0.39, 0.29) is 11.1 Å². The maximum Gasteiger partial charge on any atom is 0.148 e. The van der Waals surface area contributed by atoms with Crippen molar-refractivity contribution in [3.05, 3.63) is 95.6 Å². The van der Waals surface area contributed by atoms with E-state index in [1.807, 2.05) is 54.6 Å². The number of hydrogen-bond donors (Lipinski definition) is 0. The van der Waals surface area contributed by atoms with Gasteiger partial charge in [-0.3, -0.25) is 9.97 Å². The standard InChI is InChI=1S/C23H16N6/c24-13-19(14-25)23(15-26)18-7-9-22(10-8-18)29(16-20-5-1-3-11-27-20)17-21-6-2-4-12-28-21/h1-12H,16-17H2. The molecule has 0 aliphatic carbocycles. The Morgan fingerprint density at radius 3 is 1.69 bits per heavy atom. The molecule has 1 aromatic carbocycles. The van der Waals surface area contributed by atoms with E-state index >= 15 is 0 Å². The average Bonchev–Trinajstić information content (AvgIpc) is 2.78. The Morgan fingerprint density at radius 2 is 1.28 bits per heavy atom. The Hall–Kier alpha value is -4.47. The Morgan fingerprint density at radius 1 is 0.724 bits per heavy atom. The van der Waals surface area contributed by atoms with Gasteiger partial charge in [0.1, 0.15) is 23.8 Å². The summed E-state index contributed by atoms with van der Waals surface area (Å²) in [7, 11) is 0. The summed E-state index contributed by atoms with van der Waals surface area (Å²) in [4.78, 5) is 10.9. The van der Waals surface area contributed by atoms with E-state index in [0.717, 1.165) is 17.1 Å². The molecule has 0 aliphatic heterocycles. The predicted octanol–water partition coefficient (Wildman–Crippen LogP) is 4.01. The lowest BCUT2D eigenvalue weighted by atomic mass is 10.0. The molecule has 0 fully saturated rings. The molecule has 0 aliphatic rings. The molecule has 0 amide bonds. The van der Waals surface area contributed by atoms with Crippen LogP contribution in [0.2, 0.25) is 0 Å². The number of nitriles is 3. The molecule has 3 rings (SSSR count). The summed E-state index contributed by atoms with van der Waals surface area (Å²) in [5, 5.41) is 27.5. The molecule has 3 aromatic rings. The molecule has 0 spiro atoms. The van der Waals surface area contributed by atoms with Gasteiger partial charge < -0.3 is 4.90 Å². The van der Waals surface area contributed by atoms with Crippen LogP contribution >= 0.6 is 0 Å². The number of aromatic nitrogens is 2. The van der Waals surface area contributed by atoms with Gasteiger partial charge in [-0.15, -0.1) is 0 Å². The van der Waals surface area contributed by atoms with Crippen LogP contribution in [0, 0.1) is 34.0 Å². The van der Waals surface area contributed by atoms with Crippen molar-refractivity contribution in [3.63, 3.8) is 0 Å². The van der Waals surface area contributed by atoms with E-state index in [1.165, 1.54) is 0 Å². The second-order valence-corrected chi connectivity index (χ2v) is 6.13. The highest BCUT2D eigenvalue weighted by Gasteiger charge is 2.13. The average molecular weight is 376 g/mol. The number of pyridine rings is 2. The van der Waals surface area contributed by atoms with Crippen molar-refractivity contribution >= 4 is 11.3 Å². The molecule has 0 bridgehead atoms. The van der Waals surface area contributed by atoms with Crippen molar-refractivity contribution in [2.24, 2.45) is 0 Å². The van der Waals surface area contributed by atoms with E-state index in [9.17, 15) is 5.26 Å². The summed E-state index contributed by atoms with van der Waals surface area (Å²) >= 11 is 0. The van der Waals surface area contributed by atoms with Crippen LogP contribution in [0.1, 0.15) is 17.0 Å². The summed E-state index contributed by atoms with van der Waals surface area (Å²) in [5.74, 6) is 0. The van der Waals surface area contributed by atoms with E-state index in [0.29, 0.717) is 18.7 Å². The topological polar surface area (TPSA) is 100 Å². The van der Waals surface area contributed by atoms with Crippen molar-refractivity contribution < 1.29 is 0 Å². The summed E-state index contributed by atoms with van der Waals surface area (Å²) < 4.78 is 0. The highest BCUT2D eigenvalue weighted by Crippen LogP contribution is 2.24. The van der Waals surface area contributed by atoms with Gasteiger partial charge >= 0.3 is 0 Å². The fraction of sp³-hybridized carbons (Fsp3) is 0.0870. The number of nitrogens with zero attached hydrogens (tertiary/aromatic N) is 6. The normalized spacial score (nSPS) is 9.55. The van der Waals surface area contributed by atoms with Crippen LogP contribution in [0.3, 0.4) is 0 Å². The van der Waals surface area contributed by atoms with Crippen molar-refractivity contribution in [2.75, 3.05) is 4.90 Å². The third-order valence-electron chi connectivity index (χ3n) is 4.26. The molecular weight excluding hydrogens is 360 g/mol. The first-order valence-electron chi connectivity index (χ1n) is 8.85. The summed E-state index contributed by atoms with van der Waals surface area (Å²) in [6, 6.07) is 24.3. The van der Waals surface area contributed by atoms with Crippen LogP contribution in [-0.2, 0) is 13.1 Å². The Kier molecular flexibility index (Phi) is 6.30. The second-order valence-electron chi connectivity index (χ2n) is 6.13. The van der Waals surface area contributed by atoms with Crippen molar-refractivity contribution in [1.82, 2.24) is 9.97 Å². The molecule has 0 saturated carbocycles. The molecule has 2 heterocycles. The zero-order valence-corrected chi connectivity index (χ0v) is 15.5. The van der Waals surface area contributed by atoms with Crippen LogP contribution in [-0.4, -0.2) is 9.97 Å². The molecular formula is C23H16N6. The zero-order chi connectivity index (χ0) is 20.5. The lowest BCUT2D eigenvalue weighted by molar-refractivity contribution is 0.765. The van der Waals surface area contributed by atoms with Crippen LogP contribution < -0.4 is 4.90 Å². The first kappa shape index (κ1) is 19.3. The maximum atomic E-state index is 9.34. The molecule has 6 nitrogen and oxygen atoms in total. The third kappa shape index (κ3) is 4.83. The van der Waals surface area contributed by atoms with Crippen molar-refractivity contribution in [3.8, 4) is 18.2 Å². The zero-order valence-electron chi connectivity index (χ0n) is 15.5. The highest BCUT2D eigenvalue weighted by molar-refractivity contribution is 5.84. The smallest absolute Gasteiger partial charge is 0.148 e. The summed E-state index contributed by atoms with van der Waals surface area (Å²) in [6.07, 6.45) is 3.51. The first-order valence-corrected chi connectivity index (χ1v) is 8.85. The molecule has 6 heteroatoms. The lowest BCUT2D eigenvalue weighted by Gasteiger charge is -2.24. The van der Waals surface area contributed by atoms with Crippen LogP contribution in [0.25, 0.3) is 5.57 Å². The molecule has 0 radical (unpaired) electrons. The SMILES string of the molecule is N#CC(C#N)=C(C#N)c1ccc(N(Cc2ccccn2)Cc2ccccn2)cc1. The van der Waals surface area contributed by atoms with Gasteiger partial charge in [0.25, 0.3) is 0 Å². The van der Waals surface area contributed by atoms with Gasteiger partial charge in [-0.05, 0) is 42.0 Å². The van der Waals surface area contributed by atoms with Crippen molar-refractivity contribution in [1.29, 1.82) is 15.8 Å². The highest BCUT2D eigenvalue weighted by atomic mass is 15.1. The Labute approximate surface area is 169 Å². The number of benzene rings is 1. The quantitative estimate of drug-likeness (QED) is 0.603. The minimum absolute atomic E-state index is 0.0718. The second kappa shape index (κ2) is 9.46. The van der Waals surface area contributed by atoms with Gasteiger partial charge in [0.05, 0.1) is 30.1 Å². The number of rotatable bonds is 6. The minimum Gasteiger partial charge on any atom is -0.360 e. The predicted molar refractivity (Wildman–Crippen MR) is 109 cm³/mol. The number of allylic oxidation sites excluding steroid dienone is 2. The van der Waals surface area contributed by atoms with E-state index in [1.54, 1.807) is 36.7 Å². The van der Waals surface area contributed by atoms with Crippen LogP contribution in [0.5, 0.6) is 0 Å². The van der Waals surface area contributed by atoms with Gasteiger partial charge in [-0.25, -0.2) is 0 Å². The summed E-state index contributed by atoms with van der Waals surface area (Å²) in [6.45, 7) is 1.17. The maximum absolute atomic E-state index is 9.34. The van der Waals surface area contributed by atoms with Gasteiger partial charge in [0, 0.05) is 18.1 Å². The Bertz CT molecular complexity index is 1060.